The van der Waals surface area contributed by atoms with Gasteiger partial charge in [0.25, 0.3) is 0 Å². The maximum Gasteiger partial charge on any atom is 2.00 e. The smallest absolute Gasteiger partial charge is 0.525 e. The van der Waals surface area contributed by atoms with Crippen LogP contribution in [0, 0.1) is 45.2 Å². The number of pyridine rings is 3. The molecule has 0 saturated carbocycles. The van der Waals surface area contributed by atoms with E-state index in [1.54, 1.807) is 0 Å². The zero-order valence-electron chi connectivity index (χ0n) is 35.0. The van der Waals surface area contributed by atoms with Crippen molar-refractivity contribution in [2.24, 2.45) is 10.4 Å². The van der Waals surface area contributed by atoms with Gasteiger partial charge in [-0.2, -0.15) is 0 Å². The Labute approximate surface area is 364 Å². The van der Waals surface area contributed by atoms with Crippen LogP contribution in [-0.2, 0) is 37.8 Å². The molecule has 7 nitrogen and oxygen atoms in total. The van der Waals surface area contributed by atoms with Gasteiger partial charge in [-0.3, -0.25) is 9.98 Å². The molecular weight excluding hydrogens is 920 g/mol. The summed E-state index contributed by atoms with van der Waals surface area (Å²) < 4.78 is 11.5. The summed E-state index contributed by atoms with van der Waals surface area (Å²) in [4.78, 5) is 20.8. The molecule has 2 aliphatic rings. The number of rotatable bonds is 4. The molecule has 9 aromatic rings. The Kier molecular flexibility index (Phi) is 8.49. The molecule has 0 amide bonds. The van der Waals surface area contributed by atoms with Crippen LogP contribution in [0.4, 0.5) is 0 Å². The Morgan fingerprint density at radius 1 is 0.717 bits per heavy atom. The van der Waals surface area contributed by atoms with Crippen LogP contribution in [0.1, 0.15) is 66.8 Å². The van der Waals surface area contributed by atoms with E-state index in [9.17, 15) is 0 Å². The number of aliphatic imine (C=N–C) groups is 1. The molecule has 4 aromatic carbocycles. The van der Waals surface area contributed by atoms with Crippen molar-refractivity contribution in [1.82, 2.24) is 24.1 Å². The first-order chi connectivity index (χ1) is 28.3. The average molecular weight is 964 g/mol. The summed E-state index contributed by atoms with van der Waals surface area (Å²) in [5.74, 6) is 1.22. The predicted octanol–water partition coefficient (Wildman–Crippen LogP) is 11.6. The minimum Gasteiger partial charge on any atom is -0.525 e. The van der Waals surface area contributed by atoms with Crippen LogP contribution in [0.25, 0.3) is 66.5 Å². The van der Waals surface area contributed by atoms with Crippen molar-refractivity contribution in [1.29, 1.82) is 0 Å². The largest absolute Gasteiger partial charge is 2.00 e. The van der Waals surface area contributed by atoms with Gasteiger partial charge < -0.3 is 18.9 Å². The van der Waals surface area contributed by atoms with E-state index in [0.717, 1.165) is 78.4 Å². The average Bonchev–Trinajstić information content (AvgIpc) is 3.90. The summed E-state index contributed by atoms with van der Waals surface area (Å²) >= 11 is 0. The van der Waals surface area contributed by atoms with Crippen LogP contribution in [-0.4, -0.2) is 35.6 Å². The molecule has 0 saturated heterocycles. The van der Waals surface area contributed by atoms with Gasteiger partial charge in [-0.15, -0.1) is 23.8 Å². The first-order valence-electron chi connectivity index (χ1n) is 20.4. The summed E-state index contributed by atoms with van der Waals surface area (Å²) in [5, 5.41) is 3.23. The fourth-order valence-electron chi connectivity index (χ4n) is 10.0. The second kappa shape index (κ2) is 13.3. The number of aromatic nitrogens is 5. The van der Waals surface area contributed by atoms with Crippen molar-refractivity contribution < 1.29 is 25.8 Å². The molecule has 11 rings (SSSR count). The second-order valence-corrected chi connectivity index (χ2v) is 17.8. The van der Waals surface area contributed by atoms with E-state index in [1.165, 1.54) is 27.8 Å². The third-order valence-corrected chi connectivity index (χ3v) is 13.2. The fourth-order valence-corrected chi connectivity index (χ4v) is 10.0. The van der Waals surface area contributed by atoms with Gasteiger partial charge in [0.15, 0.2) is 0 Å². The molecule has 0 fully saturated rings. The van der Waals surface area contributed by atoms with E-state index >= 15 is 0 Å². The minimum absolute atomic E-state index is 0. The molecule has 6 heterocycles. The van der Waals surface area contributed by atoms with Gasteiger partial charge in [0.05, 0.1) is 11.3 Å². The number of benzene rings is 4. The molecule has 1 aliphatic heterocycles. The van der Waals surface area contributed by atoms with Gasteiger partial charge in [0.1, 0.15) is 22.7 Å². The number of aryl methyl sites for hydroxylation is 4. The molecule has 0 spiro atoms. The molecule has 8 heteroatoms. The van der Waals surface area contributed by atoms with Gasteiger partial charge in [0, 0.05) is 34.3 Å². The molecule has 2 atom stereocenters. The van der Waals surface area contributed by atoms with E-state index in [-0.39, 0.29) is 26.5 Å². The number of hydrogen-bond donors (Lipinski definition) is 0. The van der Waals surface area contributed by atoms with E-state index in [2.05, 4.69) is 156 Å². The van der Waals surface area contributed by atoms with Crippen molar-refractivity contribution in [2.75, 3.05) is 0 Å². The topological polar surface area (TPSA) is 70.1 Å². The van der Waals surface area contributed by atoms with E-state index < -0.39 is 11.1 Å². The van der Waals surface area contributed by atoms with Crippen molar-refractivity contribution in [3.8, 4) is 22.6 Å². The molecule has 298 valence electrons. The van der Waals surface area contributed by atoms with Crippen molar-refractivity contribution in [3.05, 3.63) is 161 Å². The van der Waals surface area contributed by atoms with Crippen LogP contribution in [0.15, 0.2) is 114 Å². The molecule has 60 heavy (non-hydrogen) atoms. The molecule has 0 unspecified atom stereocenters. The van der Waals surface area contributed by atoms with Gasteiger partial charge in [-0.25, -0.2) is 4.98 Å². The molecule has 1 aliphatic carbocycles. The summed E-state index contributed by atoms with van der Waals surface area (Å²) in [6.07, 6.45) is 4.48. The SMILES string of the molecule is Cc1ccc2c(c1)c1nc(C)c(-n3c4ccc(-c5ccccc5)cc4c4cccnc43)[c-]c1n2-c1[c-]c(C2=N[C@]3(C)c4cc(C)c(C)cc4C[C@]3(C(C)(C)C)O2)ccn1.[Pt+2]. The van der Waals surface area contributed by atoms with Crippen molar-refractivity contribution in [2.45, 2.75) is 73.0 Å². The molecular formula is C52H44N6OPt. The van der Waals surface area contributed by atoms with Gasteiger partial charge in [0.2, 0.25) is 0 Å². The Hall–Kier alpha value is -5.91. The Morgan fingerprint density at radius 2 is 1.48 bits per heavy atom. The normalized spacial score (nSPS) is 18.5. The van der Waals surface area contributed by atoms with Gasteiger partial charge in [-0.05, 0) is 120 Å². The van der Waals surface area contributed by atoms with Crippen LogP contribution in [0.5, 0.6) is 0 Å². The Morgan fingerprint density at radius 3 is 2.28 bits per heavy atom. The summed E-state index contributed by atoms with van der Waals surface area (Å²) in [7, 11) is 0. The van der Waals surface area contributed by atoms with Crippen molar-refractivity contribution in [3.63, 3.8) is 0 Å². The number of fused-ring (bicyclic) bond motifs is 9. The van der Waals surface area contributed by atoms with Crippen LogP contribution in [0.3, 0.4) is 0 Å². The zero-order valence-corrected chi connectivity index (χ0v) is 37.3. The summed E-state index contributed by atoms with van der Waals surface area (Å²) in [6.45, 7) is 17.6. The van der Waals surface area contributed by atoms with Crippen LogP contribution < -0.4 is 0 Å². The predicted molar refractivity (Wildman–Crippen MR) is 238 cm³/mol. The van der Waals surface area contributed by atoms with E-state index in [4.69, 9.17) is 24.7 Å². The maximum atomic E-state index is 7.21. The fraction of sp³-hybridized carbons (Fsp3) is 0.231. The Balaban J connectivity index is 0.00000433. The second-order valence-electron chi connectivity index (χ2n) is 17.8. The molecule has 0 radical (unpaired) electrons. The van der Waals surface area contributed by atoms with Gasteiger partial charge >= 0.3 is 21.1 Å². The Bertz CT molecular complexity index is 3280. The third kappa shape index (κ3) is 5.30. The quantitative estimate of drug-likeness (QED) is 0.165. The van der Waals surface area contributed by atoms with Crippen molar-refractivity contribution >= 4 is 49.8 Å². The maximum absolute atomic E-state index is 7.21. The van der Waals surface area contributed by atoms with Crippen LogP contribution in [0.2, 0.25) is 0 Å². The number of nitrogens with zero attached hydrogens (tertiary/aromatic N) is 6. The molecule has 0 N–H and O–H groups in total. The van der Waals surface area contributed by atoms with Crippen LogP contribution >= 0.6 is 0 Å². The summed E-state index contributed by atoms with van der Waals surface area (Å²) in [5.41, 5.74) is 14.2. The molecule has 5 aromatic heterocycles. The standard InChI is InChI=1S/C52H44N6O.Pt/c1-30-16-18-43-40(23-30)47-45(28-44(33(4)55-47)58-42-19-17-35(34-13-10-9-11-14-34)26-39(42)38-15-12-21-54-48(38)58)57(43)46-27-36(20-22-53-46)49-56-51(8)41-25-32(3)31(2)24-37(41)29-52(51,59-49)50(5,6)7;/h9-26H,29H2,1-8H3;/q-2;+2/t51-,52-;/m1./s1. The number of ether oxygens (including phenoxy) is 1. The first kappa shape index (κ1) is 38.3. The molecule has 0 bridgehead atoms. The van der Waals surface area contributed by atoms with Gasteiger partial charge in [-0.1, -0.05) is 99.6 Å². The first-order valence-corrected chi connectivity index (χ1v) is 20.4. The third-order valence-electron chi connectivity index (χ3n) is 13.2. The number of hydrogen-bond acceptors (Lipinski definition) is 5. The zero-order chi connectivity index (χ0) is 40.6. The van der Waals surface area contributed by atoms with E-state index in [1.807, 2.05) is 30.6 Å². The van der Waals surface area contributed by atoms with E-state index in [0.29, 0.717) is 11.7 Å². The summed E-state index contributed by atoms with van der Waals surface area (Å²) in [6, 6.07) is 42.0. The monoisotopic (exact) mass is 963 g/mol. The minimum atomic E-state index is -0.571.